The highest BCUT2D eigenvalue weighted by molar-refractivity contribution is 5.94. The second-order valence-corrected chi connectivity index (χ2v) is 7.84. The van der Waals surface area contributed by atoms with Gasteiger partial charge in [0.2, 0.25) is 0 Å². The van der Waals surface area contributed by atoms with Crippen molar-refractivity contribution in [3.8, 4) is 0 Å². The van der Waals surface area contributed by atoms with E-state index in [0.29, 0.717) is 32.2 Å². The molecule has 0 aliphatic carbocycles. The van der Waals surface area contributed by atoms with Crippen LogP contribution in [-0.2, 0) is 11.2 Å². The van der Waals surface area contributed by atoms with Crippen LogP contribution in [0.4, 0.5) is 4.79 Å². The number of ether oxygens (including phenoxy) is 1. The first-order valence-corrected chi connectivity index (χ1v) is 10.0. The van der Waals surface area contributed by atoms with Crippen LogP contribution in [0.2, 0.25) is 0 Å². The van der Waals surface area contributed by atoms with Gasteiger partial charge in [-0.15, -0.1) is 0 Å². The molecule has 0 unspecified atom stereocenters. The van der Waals surface area contributed by atoms with Crippen LogP contribution in [-0.4, -0.2) is 67.2 Å². The van der Waals surface area contributed by atoms with Crippen LogP contribution in [0.1, 0.15) is 42.6 Å². The number of carbonyl (C=O) groups is 2. The fraction of sp³-hybridized carbons (Fsp3) is 0.619. The molecule has 2 aliphatic heterocycles. The lowest BCUT2D eigenvalue weighted by Crippen LogP contribution is -2.46. The molecule has 6 heteroatoms. The van der Waals surface area contributed by atoms with Gasteiger partial charge in [-0.3, -0.25) is 4.79 Å². The summed E-state index contributed by atoms with van der Waals surface area (Å²) in [6.07, 6.45) is 3.06. The monoisotopic (exact) mass is 373 g/mol. The maximum atomic E-state index is 12.5. The molecular formula is C21H31N3O3. The highest BCUT2D eigenvalue weighted by Crippen LogP contribution is 2.22. The second kappa shape index (κ2) is 9.22. The third kappa shape index (κ3) is 5.45. The lowest BCUT2D eigenvalue weighted by molar-refractivity contribution is 0.0303. The molecule has 0 saturated carbocycles. The van der Waals surface area contributed by atoms with Gasteiger partial charge in [0.05, 0.1) is 13.2 Å². The van der Waals surface area contributed by atoms with Crippen LogP contribution in [0.25, 0.3) is 0 Å². The topological polar surface area (TPSA) is 61.9 Å². The van der Waals surface area contributed by atoms with Crippen LogP contribution < -0.4 is 5.32 Å². The molecule has 2 fully saturated rings. The molecule has 2 aliphatic rings. The predicted molar refractivity (Wildman–Crippen MR) is 105 cm³/mol. The van der Waals surface area contributed by atoms with Crippen molar-refractivity contribution in [2.75, 3.05) is 39.4 Å². The SMILES string of the molecule is CC(C)NC(=O)N1CCC(Cc2ccc(C(=O)N3CCOCC3)cc2)CC1. The summed E-state index contributed by atoms with van der Waals surface area (Å²) in [5.74, 6) is 0.684. The van der Waals surface area contributed by atoms with E-state index in [4.69, 9.17) is 4.74 Å². The molecule has 2 saturated heterocycles. The van der Waals surface area contributed by atoms with Gasteiger partial charge < -0.3 is 19.9 Å². The van der Waals surface area contributed by atoms with Gasteiger partial charge in [0.1, 0.15) is 0 Å². The highest BCUT2D eigenvalue weighted by Gasteiger charge is 2.23. The number of morpholine rings is 1. The van der Waals surface area contributed by atoms with Crippen molar-refractivity contribution in [1.29, 1.82) is 0 Å². The Morgan fingerprint density at radius 1 is 1.04 bits per heavy atom. The Morgan fingerprint density at radius 3 is 2.26 bits per heavy atom. The van der Waals surface area contributed by atoms with Gasteiger partial charge >= 0.3 is 6.03 Å². The number of nitrogens with zero attached hydrogens (tertiary/aromatic N) is 2. The molecule has 1 N–H and O–H groups in total. The third-order valence-electron chi connectivity index (χ3n) is 5.34. The van der Waals surface area contributed by atoms with E-state index in [-0.39, 0.29) is 18.0 Å². The molecule has 1 aromatic carbocycles. The van der Waals surface area contributed by atoms with Crippen molar-refractivity contribution < 1.29 is 14.3 Å². The van der Waals surface area contributed by atoms with Crippen LogP contribution in [0.15, 0.2) is 24.3 Å². The van der Waals surface area contributed by atoms with Crippen molar-refractivity contribution >= 4 is 11.9 Å². The summed E-state index contributed by atoms with van der Waals surface area (Å²) in [6.45, 7) is 8.19. The summed E-state index contributed by atoms with van der Waals surface area (Å²) >= 11 is 0. The smallest absolute Gasteiger partial charge is 0.317 e. The zero-order valence-electron chi connectivity index (χ0n) is 16.4. The fourth-order valence-electron chi connectivity index (χ4n) is 3.74. The van der Waals surface area contributed by atoms with Crippen LogP contribution in [0.3, 0.4) is 0 Å². The number of amides is 3. The number of benzene rings is 1. The van der Waals surface area contributed by atoms with E-state index in [9.17, 15) is 9.59 Å². The number of rotatable bonds is 4. The lowest BCUT2D eigenvalue weighted by Gasteiger charge is -2.32. The fourth-order valence-corrected chi connectivity index (χ4v) is 3.74. The summed E-state index contributed by atoms with van der Waals surface area (Å²) in [7, 11) is 0. The molecule has 3 amide bonds. The molecule has 2 heterocycles. The van der Waals surface area contributed by atoms with E-state index >= 15 is 0 Å². The van der Waals surface area contributed by atoms with Crippen molar-refractivity contribution in [3.05, 3.63) is 35.4 Å². The zero-order chi connectivity index (χ0) is 19.2. The molecule has 0 atom stereocenters. The quantitative estimate of drug-likeness (QED) is 0.882. The zero-order valence-corrected chi connectivity index (χ0v) is 16.4. The summed E-state index contributed by atoms with van der Waals surface area (Å²) in [6, 6.07) is 8.26. The van der Waals surface area contributed by atoms with Gasteiger partial charge in [-0.25, -0.2) is 4.79 Å². The largest absolute Gasteiger partial charge is 0.378 e. The van der Waals surface area contributed by atoms with E-state index in [1.54, 1.807) is 0 Å². The summed E-state index contributed by atoms with van der Waals surface area (Å²) in [5.41, 5.74) is 2.01. The first-order valence-electron chi connectivity index (χ1n) is 10.0. The first kappa shape index (κ1) is 19.7. The first-order chi connectivity index (χ1) is 13.0. The number of nitrogens with one attached hydrogen (secondary N) is 1. The molecule has 6 nitrogen and oxygen atoms in total. The van der Waals surface area contributed by atoms with Crippen molar-refractivity contribution in [2.45, 2.75) is 39.2 Å². The maximum Gasteiger partial charge on any atom is 0.317 e. The predicted octanol–water partition coefficient (Wildman–Crippen LogP) is 2.53. The van der Waals surface area contributed by atoms with E-state index in [0.717, 1.165) is 37.9 Å². The summed E-state index contributed by atoms with van der Waals surface area (Å²) in [4.78, 5) is 28.4. The standard InChI is InChI=1S/C21H31N3O3/c1-16(2)22-21(26)24-9-7-18(8-10-24)15-17-3-5-19(6-4-17)20(25)23-11-13-27-14-12-23/h3-6,16,18H,7-15H2,1-2H3,(H,22,26). The average Bonchev–Trinajstić information content (AvgIpc) is 2.69. The van der Waals surface area contributed by atoms with E-state index in [1.165, 1.54) is 5.56 Å². The normalized spacial score (nSPS) is 18.6. The van der Waals surface area contributed by atoms with E-state index in [1.807, 2.05) is 35.8 Å². The van der Waals surface area contributed by atoms with E-state index < -0.39 is 0 Å². The lowest BCUT2D eigenvalue weighted by atomic mass is 9.90. The molecule has 0 aromatic heterocycles. The number of urea groups is 1. The summed E-state index contributed by atoms with van der Waals surface area (Å²) < 4.78 is 5.31. The van der Waals surface area contributed by atoms with Crippen LogP contribution in [0.5, 0.6) is 0 Å². The van der Waals surface area contributed by atoms with Gasteiger partial charge in [0, 0.05) is 37.8 Å². The Morgan fingerprint density at radius 2 is 1.67 bits per heavy atom. The highest BCUT2D eigenvalue weighted by atomic mass is 16.5. The number of carbonyl (C=O) groups excluding carboxylic acids is 2. The second-order valence-electron chi connectivity index (χ2n) is 7.84. The Labute approximate surface area is 161 Å². The molecule has 148 valence electrons. The van der Waals surface area contributed by atoms with E-state index in [2.05, 4.69) is 17.4 Å². The van der Waals surface area contributed by atoms with Crippen molar-refractivity contribution in [3.63, 3.8) is 0 Å². The number of hydrogen-bond acceptors (Lipinski definition) is 3. The Hall–Kier alpha value is -2.08. The minimum atomic E-state index is 0.0504. The number of hydrogen-bond donors (Lipinski definition) is 1. The maximum absolute atomic E-state index is 12.5. The Kier molecular flexibility index (Phi) is 6.72. The minimum absolute atomic E-state index is 0.0504. The molecule has 1 aromatic rings. The molecule has 0 spiro atoms. The minimum Gasteiger partial charge on any atom is -0.378 e. The van der Waals surface area contributed by atoms with Gasteiger partial charge in [-0.05, 0) is 56.7 Å². The van der Waals surface area contributed by atoms with Gasteiger partial charge in [-0.1, -0.05) is 12.1 Å². The summed E-state index contributed by atoms with van der Waals surface area (Å²) in [5, 5.41) is 2.96. The molecule has 27 heavy (non-hydrogen) atoms. The Bertz CT molecular complexity index is 631. The Balaban J connectivity index is 1.48. The molecule has 3 rings (SSSR count). The number of likely N-dealkylation sites (tertiary alicyclic amines) is 1. The van der Waals surface area contributed by atoms with Crippen LogP contribution >= 0.6 is 0 Å². The molecule has 0 bridgehead atoms. The third-order valence-corrected chi connectivity index (χ3v) is 5.34. The molecule has 0 radical (unpaired) electrons. The van der Waals surface area contributed by atoms with Crippen LogP contribution in [0, 0.1) is 5.92 Å². The van der Waals surface area contributed by atoms with Gasteiger partial charge in [0.25, 0.3) is 5.91 Å². The van der Waals surface area contributed by atoms with Gasteiger partial charge in [0.15, 0.2) is 0 Å². The van der Waals surface area contributed by atoms with Gasteiger partial charge in [-0.2, -0.15) is 0 Å². The molecular weight excluding hydrogens is 342 g/mol. The van der Waals surface area contributed by atoms with Crippen molar-refractivity contribution in [1.82, 2.24) is 15.1 Å². The average molecular weight is 373 g/mol. The van der Waals surface area contributed by atoms with Crippen molar-refractivity contribution in [2.24, 2.45) is 5.92 Å². The number of piperidine rings is 1.